The Kier molecular flexibility index (Phi) is 6.59. The summed E-state index contributed by atoms with van der Waals surface area (Å²) < 4.78 is 0. The summed E-state index contributed by atoms with van der Waals surface area (Å²) in [6.07, 6.45) is 0. The third-order valence-corrected chi connectivity index (χ3v) is 7.06. The molecule has 0 fully saturated rings. The summed E-state index contributed by atoms with van der Waals surface area (Å²) in [6, 6.07) is 49.9. The van der Waals surface area contributed by atoms with Gasteiger partial charge in [-0.1, -0.05) is 84.9 Å². The predicted octanol–water partition coefficient (Wildman–Crippen LogP) is 10.1. The Morgan fingerprint density at radius 1 is 0.513 bits per heavy atom. The van der Waals surface area contributed by atoms with E-state index in [0.29, 0.717) is 5.69 Å². The molecular weight excluding hydrogens is 478 g/mol. The quantitative estimate of drug-likeness (QED) is 0.203. The van der Waals surface area contributed by atoms with Gasteiger partial charge in [0.2, 0.25) is 0 Å². The first kappa shape index (κ1) is 24.1. The van der Waals surface area contributed by atoms with Gasteiger partial charge in [0, 0.05) is 35.2 Å². The number of rotatable bonds is 7. The maximum Gasteiger partial charge on any atom is 0.110 e. The van der Waals surface area contributed by atoms with Crippen molar-refractivity contribution in [2.45, 2.75) is 0 Å². The molecule has 0 saturated carbocycles. The zero-order valence-corrected chi connectivity index (χ0v) is 21.6. The number of para-hydroxylation sites is 1. The molecule has 6 rings (SSSR count). The van der Waals surface area contributed by atoms with Gasteiger partial charge in [0.05, 0.1) is 5.69 Å². The topological polar surface area (TPSA) is 35.9 Å². The van der Waals surface area contributed by atoms with Gasteiger partial charge in [-0.25, -0.2) is 0 Å². The van der Waals surface area contributed by atoms with E-state index in [0.717, 1.165) is 39.6 Å². The second-order valence-electron chi connectivity index (χ2n) is 9.43. The molecule has 0 spiro atoms. The lowest BCUT2D eigenvalue weighted by atomic mass is 10.0. The van der Waals surface area contributed by atoms with Crippen LogP contribution >= 0.6 is 0 Å². The molecule has 0 aliphatic rings. The van der Waals surface area contributed by atoms with Crippen molar-refractivity contribution >= 4 is 44.9 Å². The summed E-state index contributed by atoms with van der Waals surface area (Å²) in [5.41, 5.74) is 8.01. The fourth-order valence-electron chi connectivity index (χ4n) is 5.00. The molecule has 188 valence electrons. The molecule has 0 radical (unpaired) electrons. The van der Waals surface area contributed by atoms with Crippen LogP contribution in [-0.2, 0) is 0 Å². The lowest BCUT2D eigenvalue weighted by molar-refractivity contribution is 1.21. The fourth-order valence-corrected chi connectivity index (χ4v) is 5.00. The molecule has 0 aliphatic heterocycles. The van der Waals surface area contributed by atoms with E-state index < -0.39 is 0 Å². The number of nitroso groups, excluding NO2 is 1. The van der Waals surface area contributed by atoms with E-state index in [1.165, 1.54) is 10.8 Å². The Morgan fingerprint density at radius 3 is 1.79 bits per heavy atom. The minimum Gasteiger partial charge on any atom is -0.345 e. The molecular formula is C35H27N3O. The number of benzene rings is 6. The highest BCUT2D eigenvalue weighted by molar-refractivity contribution is 5.99. The molecule has 0 unspecified atom stereocenters. The summed E-state index contributed by atoms with van der Waals surface area (Å²) in [6.45, 7) is 0. The Labute approximate surface area is 228 Å². The molecule has 0 amide bonds. The molecule has 39 heavy (non-hydrogen) atoms. The second-order valence-corrected chi connectivity index (χ2v) is 9.43. The van der Waals surface area contributed by atoms with Crippen LogP contribution in [0.4, 0.5) is 34.1 Å². The Balaban J connectivity index is 1.32. The van der Waals surface area contributed by atoms with Crippen molar-refractivity contribution in [2.24, 2.45) is 5.18 Å². The molecule has 0 saturated heterocycles. The molecule has 0 heterocycles. The largest absolute Gasteiger partial charge is 0.345 e. The summed E-state index contributed by atoms with van der Waals surface area (Å²) in [5, 5.41) is 5.48. The van der Waals surface area contributed by atoms with Crippen LogP contribution in [0.15, 0.2) is 151 Å². The molecule has 0 N–H and O–H groups in total. The van der Waals surface area contributed by atoms with Gasteiger partial charge in [-0.15, -0.1) is 4.91 Å². The van der Waals surface area contributed by atoms with Crippen LogP contribution in [0.3, 0.4) is 0 Å². The van der Waals surface area contributed by atoms with Gasteiger partial charge in [-0.3, -0.25) is 0 Å². The molecule has 0 bridgehead atoms. The zero-order valence-electron chi connectivity index (χ0n) is 21.6. The minimum atomic E-state index is 0.420. The van der Waals surface area contributed by atoms with E-state index in [4.69, 9.17) is 0 Å². The first-order chi connectivity index (χ1) is 19.2. The highest BCUT2D eigenvalue weighted by Crippen LogP contribution is 2.39. The van der Waals surface area contributed by atoms with Gasteiger partial charge in [0.15, 0.2) is 0 Å². The molecule has 0 atom stereocenters. The smallest absolute Gasteiger partial charge is 0.110 e. The van der Waals surface area contributed by atoms with Gasteiger partial charge >= 0.3 is 0 Å². The summed E-state index contributed by atoms with van der Waals surface area (Å²) in [7, 11) is 1.99. The van der Waals surface area contributed by atoms with E-state index in [9.17, 15) is 4.91 Å². The van der Waals surface area contributed by atoms with Crippen LogP contribution in [-0.4, -0.2) is 7.05 Å². The Bertz CT molecular complexity index is 1720. The number of nitrogens with zero attached hydrogens (tertiary/aromatic N) is 3. The zero-order chi connectivity index (χ0) is 26.6. The lowest BCUT2D eigenvalue weighted by Gasteiger charge is -2.27. The molecule has 4 heteroatoms. The SMILES string of the molecule is CN(c1ccc(-c2ccc(N(c3ccccc3)c3cccc4ccccc34)cc2)cc1)c1cccc(N=O)c1. The number of hydrogen-bond donors (Lipinski definition) is 0. The van der Waals surface area contributed by atoms with Crippen molar-refractivity contribution in [1.82, 2.24) is 0 Å². The van der Waals surface area contributed by atoms with Crippen LogP contribution in [0, 0.1) is 4.91 Å². The maximum atomic E-state index is 10.9. The third-order valence-electron chi connectivity index (χ3n) is 7.06. The van der Waals surface area contributed by atoms with Gasteiger partial charge in [0.1, 0.15) is 5.69 Å². The van der Waals surface area contributed by atoms with Gasteiger partial charge in [0.25, 0.3) is 0 Å². The second kappa shape index (κ2) is 10.6. The molecule has 6 aromatic carbocycles. The first-order valence-electron chi connectivity index (χ1n) is 12.9. The van der Waals surface area contributed by atoms with E-state index in [2.05, 4.69) is 125 Å². The summed E-state index contributed by atoms with van der Waals surface area (Å²) in [5.74, 6) is 0. The third kappa shape index (κ3) is 4.88. The van der Waals surface area contributed by atoms with E-state index in [1.807, 2.05) is 30.1 Å². The Hall–Kier alpha value is -5.22. The van der Waals surface area contributed by atoms with Gasteiger partial charge in [-0.05, 0) is 82.4 Å². The van der Waals surface area contributed by atoms with Crippen LogP contribution < -0.4 is 9.80 Å². The van der Waals surface area contributed by atoms with Crippen LogP contribution in [0.25, 0.3) is 21.9 Å². The van der Waals surface area contributed by atoms with E-state index in [1.54, 1.807) is 12.1 Å². The van der Waals surface area contributed by atoms with Crippen molar-refractivity contribution in [1.29, 1.82) is 0 Å². The molecule has 6 aromatic rings. The summed E-state index contributed by atoms with van der Waals surface area (Å²) >= 11 is 0. The fraction of sp³-hybridized carbons (Fsp3) is 0.0286. The summed E-state index contributed by atoms with van der Waals surface area (Å²) in [4.78, 5) is 15.3. The highest BCUT2D eigenvalue weighted by atomic mass is 16.3. The predicted molar refractivity (Wildman–Crippen MR) is 164 cm³/mol. The van der Waals surface area contributed by atoms with Crippen LogP contribution in [0.1, 0.15) is 0 Å². The normalized spacial score (nSPS) is 10.8. The lowest BCUT2D eigenvalue weighted by Crippen LogP contribution is -2.10. The van der Waals surface area contributed by atoms with E-state index in [-0.39, 0.29) is 0 Å². The Morgan fingerprint density at radius 2 is 1.08 bits per heavy atom. The average Bonchev–Trinajstić information content (AvgIpc) is 3.02. The maximum absolute atomic E-state index is 10.9. The van der Waals surface area contributed by atoms with Crippen molar-refractivity contribution in [3.8, 4) is 11.1 Å². The first-order valence-corrected chi connectivity index (χ1v) is 12.9. The van der Waals surface area contributed by atoms with Crippen LogP contribution in [0.5, 0.6) is 0 Å². The average molecular weight is 506 g/mol. The number of anilines is 5. The molecule has 4 nitrogen and oxygen atoms in total. The van der Waals surface area contributed by atoms with Crippen molar-refractivity contribution in [3.63, 3.8) is 0 Å². The van der Waals surface area contributed by atoms with Crippen molar-refractivity contribution in [3.05, 3.63) is 150 Å². The van der Waals surface area contributed by atoms with Crippen molar-refractivity contribution < 1.29 is 0 Å². The van der Waals surface area contributed by atoms with Crippen molar-refractivity contribution in [2.75, 3.05) is 16.8 Å². The highest BCUT2D eigenvalue weighted by Gasteiger charge is 2.15. The number of fused-ring (bicyclic) bond motifs is 1. The van der Waals surface area contributed by atoms with Crippen LogP contribution in [0.2, 0.25) is 0 Å². The van der Waals surface area contributed by atoms with E-state index >= 15 is 0 Å². The molecule has 0 aromatic heterocycles. The standard InChI is InChI=1S/C35H27N3O/c1-37(33-14-8-11-29(25-33)36-39)30-21-17-26(18-22-30)27-19-23-32(24-20-27)38(31-12-3-2-4-13-31)35-16-7-10-28-9-5-6-15-34(28)35/h2-25H,1H3. The monoisotopic (exact) mass is 505 g/mol. The van der Waals surface area contributed by atoms with Gasteiger partial charge in [-0.2, -0.15) is 0 Å². The minimum absolute atomic E-state index is 0.420. The number of hydrogen-bond acceptors (Lipinski definition) is 4. The molecule has 0 aliphatic carbocycles. The van der Waals surface area contributed by atoms with Gasteiger partial charge < -0.3 is 9.80 Å².